The van der Waals surface area contributed by atoms with Crippen molar-refractivity contribution in [3.63, 3.8) is 0 Å². The Balaban J connectivity index is 0.000000318. The number of aliphatic carboxylic acids is 1. The van der Waals surface area contributed by atoms with Crippen LogP contribution in [0.2, 0.25) is 0 Å². The highest BCUT2D eigenvalue weighted by Crippen LogP contribution is 2.41. The molecule has 1 N–H and O–H groups in total. The molecule has 2 fully saturated rings. The number of carboxylic acids is 1. The predicted molar refractivity (Wildman–Crippen MR) is 106 cm³/mol. The SMILES string of the molecule is Cc1nc(CN2CCC3(CCN(c4ncccn4)CC3)C2)cs1.O=C(O)C(F)(F)F. The fraction of sp³-hybridized carbons (Fsp3) is 0.579. The van der Waals surface area contributed by atoms with Crippen LogP contribution >= 0.6 is 11.3 Å². The molecular weight excluding hydrogens is 419 g/mol. The number of aryl methyl sites for hydroxylation is 1. The number of carboxylic acid groups (broad SMARTS) is 1. The number of hydrogen-bond donors (Lipinski definition) is 1. The highest BCUT2D eigenvalue weighted by molar-refractivity contribution is 7.09. The van der Waals surface area contributed by atoms with Gasteiger partial charge in [0.25, 0.3) is 0 Å². The maximum atomic E-state index is 10.6. The minimum atomic E-state index is -5.08. The first-order valence-electron chi connectivity index (χ1n) is 9.62. The fourth-order valence-electron chi connectivity index (χ4n) is 3.92. The summed E-state index contributed by atoms with van der Waals surface area (Å²) in [4.78, 5) is 27.2. The van der Waals surface area contributed by atoms with Crippen LogP contribution in [0.25, 0.3) is 0 Å². The molecule has 4 heterocycles. The second kappa shape index (κ2) is 9.25. The molecule has 2 saturated heterocycles. The van der Waals surface area contributed by atoms with E-state index in [2.05, 4.69) is 37.1 Å². The third-order valence-electron chi connectivity index (χ3n) is 5.47. The van der Waals surface area contributed by atoms with Crippen LogP contribution < -0.4 is 4.90 Å². The molecule has 0 atom stereocenters. The third-order valence-corrected chi connectivity index (χ3v) is 6.29. The molecule has 164 valence electrons. The molecule has 0 unspecified atom stereocenters. The van der Waals surface area contributed by atoms with E-state index in [1.165, 1.54) is 43.1 Å². The van der Waals surface area contributed by atoms with Crippen molar-refractivity contribution in [3.05, 3.63) is 34.5 Å². The summed E-state index contributed by atoms with van der Waals surface area (Å²) in [5.41, 5.74) is 1.73. The zero-order valence-corrected chi connectivity index (χ0v) is 17.4. The highest BCUT2D eigenvalue weighted by atomic mass is 32.1. The second-order valence-electron chi connectivity index (χ2n) is 7.66. The van der Waals surface area contributed by atoms with Crippen molar-refractivity contribution in [1.82, 2.24) is 19.9 Å². The molecular formula is C19H24F3N5O2S. The number of piperidine rings is 1. The van der Waals surface area contributed by atoms with E-state index in [1.807, 2.05) is 18.5 Å². The number of anilines is 1. The number of alkyl halides is 3. The van der Waals surface area contributed by atoms with E-state index in [0.29, 0.717) is 5.41 Å². The number of thiazole rings is 1. The van der Waals surface area contributed by atoms with E-state index < -0.39 is 12.1 Å². The van der Waals surface area contributed by atoms with Gasteiger partial charge < -0.3 is 10.0 Å². The number of rotatable bonds is 3. The monoisotopic (exact) mass is 443 g/mol. The number of nitrogens with zero attached hydrogens (tertiary/aromatic N) is 5. The Bertz CT molecular complexity index is 838. The Kier molecular flexibility index (Phi) is 6.91. The summed E-state index contributed by atoms with van der Waals surface area (Å²) < 4.78 is 31.7. The van der Waals surface area contributed by atoms with Crippen molar-refractivity contribution in [2.75, 3.05) is 31.1 Å². The molecule has 1 spiro atoms. The average molecular weight is 443 g/mol. The molecule has 30 heavy (non-hydrogen) atoms. The van der Waals surface area contributed by atoms with Crippen LogP contribution in [0.4, 0.5) is 19.1 Å². The quantitative estimate of drug-likeness (QED) is 0.779. The van der Waals surface area contributed by atoms with Crippen molar-refractivity contribution in [3.8, 4) is 0 Å². The Morgan fingerprint density at radius 2 is 1.80 bits per heavy atom. The van der Waals surface area contributed by atoms with Crippen molar-refractivity contribution in [2.45, 2.75) is 38.9 Å². The molecule has 0 aromatic carbocycles. The lowest BCUT2D eigenvalue weighted by atomic mass is 9.78. The zero-order chi connectivity index (χ0) is 21.8. The summed E-state index contributed by atoms with van der Waals surface area (Å²) in [5, 5.41) is 10.5. The van der Waals surface area contributed by atoms with E-state index >= 15 is 0 Å². The normalized spacial score (nSPS) is 18.9. The van der Waals surface area contributed by atoms with Crippen LogP contribution in [0.1, 0.15) is 30.0 Å². The van der Waals surface area contributed by atoms with Gasteiger partial charge in [-0.3, -0.25) is 4.90 Å². The van der Waals surface area contributed by atoms with Gasteiger partial charge in [0.1, 0.15) is 0 Å². The number of likely N-dealkylation sites (tertiary alicyclic amines) is 1. The van der Waals surface area contributed by atoms with Crippen LogP contribution in [0.5, 0.6) is 0 Å². The zero-order valence-electron chi connectivity index (χ0n) is 16.6. The van der Waals surface area contributed by atoms with Crippen LogP contribution in [0, 0.1) is 12.3 Å². The molecule has 0 bridgehead atoms. The molecule has 7 nitrogen and oxygen atoms in total. The minimum absolute atomic E-state index is 0.496. The Morgan fingerprint density at radius 3 is 2.33 bits per heavy atom. The maximum Gasteiger partial charge on any atom is 0.490 e. The fourth-order valence-corrected chi connectivity index (χ4v) is 4.52. The molecule has 0 radical (unpaired) electrons. The summed E-state index contributed by atoms with van der Waals surface area (Å²) >= 11 is 1.75. The van der Waals surface area contributed by atoms with E-state index in [9.17, 15) is 13.2 Å². The topological polar surface area (TPSA) is 82.5 Å². The van der Waals surface area contributed by atoms with Crippen molar-refractivity contribution >= 4 is 23.3 Å². The highest BCUT2D eigenvalue weighted by Gasteiger charge is 2.41. The van der Waals surface area contributed by atoms with Gasteiger partial charge in [0.15, 0.2) is 0 Å². The minimum Gasteiger partial charge on any atom is -0.475 e. The number of hydrogen-bond acceptors (Lipinski definition) is 7. The molecule has 0 aliphatic carbocycles. The van der Waals surface area contributed by atoms with Gasteiger partial charge in [0.05, 0.1) is 10.7 Å². The summed E-state index contributed by atoms with van der Waals surface area (Å²) in [5.74, 6) is -1.87. The van der Waals surface area contributed by atoms with Gasteiger partial charge in [-0.1, -0.05) is 0 Å². The first-order chi connectivity index (χ1) is 14.2. The molecule has 4 rings (SSSR count). The van der Waals surface area contributed by atoms with Gasteiger partial charge in [-0.15, -0.1) is 11.3 Å². The van der Waals surface area contributed by atoms with Gasteiger partial charge in [0, 0.05) is 44.0 Å². The van der Waals surface area contributed by atoms with Crippen molar-refractivity contribution in [2.24, 2.45) is 5.41 Å². The summed E-state index contributed by atoms with van der Waals surface area (Å²) in [6, 6.07) is 1.88. The Hall–Kier alpha value is -2.27. The smallest absolute Gasteiger partial charge is 0.475 e. The van der Waals surface area contributed by atoms with Gasteiger partial charge in [-0.2, -0.15) is 13.2 Å². The van der Waals surface area contributed by atoms with E-state index in [-0.39, 0.29) is 0 Å². The van der Waals surface area contributed by atoms with Gasteiger partial charge in [-0.25, -0.2) is 19.7 Å². The van der Waals surface area contributed by atoms with Crippen molar-refractivity contribution in [1.29, 1.82) is 0 Å². The Labute approximate surface area is 176 Å². The Morgan fingerprint density at radius 1 is 1.20 bits per heavy atom. The number of aromatic nitrogens is 3. The summed E-state index contributed by atoms with van der Waals surface area (Å²) in [6.45, 7) is 7.67. The average Bonchev–Trinajstić information content (AvgIpc) is 3.29. The van der Waals surface area contributed by atoms with Crippen LogP contribution in [-0.2, 0) is 11.3 Å². The van der Waals surface area contributed by atoms with Crippen LogP contribution in [0.3, 0.4) is 0 Å². The lowest BCUT2D eigenvalue weighted by Crippen LogP contribution is -2.42. The van der Waals surface area contributed by atoms with Gasteiger partial charge in [-0.05, 0) is 44.2 Å². The number of halogens is 3. The first-order valence-corrected chi connectivity index (χ1v) is 10.5. The molecule has 2 aliphatic heterocycles. The molecule has 0 amide bonds. The van der Waals surface area contributed by atoms with E-state index in [1.54, 1.807) is 11.3 Å². The van der Waals surface area contributed by atoms with E-state index in [4.69, 9.17) is 9.90 Å². The van der Waals surface area contributed by atoms with Gasteiger partial charge in [0.2, 0.25) is 5.95 Å². The van der Waals surface area contributed by atoms with Crippen LogP contribution in [0.15, 0.2) is 23.8 Å². The van der Waals surface area contributed by atoms with Gasteiger partial charge >= 0.3 is 12.1 Å². The molecule has 2 aliphatic rings. The summed E-state index contributed by atoms with van der Waals surface area (Å²) in [7, 11) is 0. The third kappa shape index (κ3) is 5.88. The molecule has 2 aromatic heterocycles. The van der Waals surface area contributed by atoms with Crippen molar-refractivity contribution < 1.29 is 23.1 Å². The molecule has 2 aromatic rings. The van der Waals surface area contributed by atoms with E-state index in [0.717, 1.165) is 25.6 Å². The standard InChI is InChI=1S/C17H23N5S.C2HF3O2/c1-14-20-15(12-23-14)11-21-8-3-17(13-21)4-9-22(10-5-17)16-18-6-2-7-19-16;3-2(4,5)1(6)7/h2,6-7,12H,3-5,8-11,13H2,1H3;(H,6,7). The lowest BCUT2D eigenvalue weighted by Gasteiger charge is -2.39. The molecule has 11 heteroatoms. The number of carbonyl (C=O) groups is 1. The lowest BCUT2D eigenvalue weighted by molar-refractivity contribution is -0.192. The maximum absolute atomic E-state index is 10.6. The molecule has 0 saturated carbocycles. The summed E-state index contributed by atoms with van der Waals surface area (Å²) in [6.07, 6.45) is 2.40. The predicted octanol–water partition coefficient (Wildman–Crippen LogP) is 3.37. The van der Waals surface area contributed by atoms with Crippen LogP contribution in [-0.4, -0.2) is 63.3 Å². The largest absolute Gasteiger partial charge is 0.490 e. The second-order valence-corrected chi connectivity index (χ2v) is 8.72. The first kappa shape index (κ1) is 22.4.